The van der Waals surface area contributed by atoms with Gasteiger partial charge in [0.15, 0.2) is 0 Å². The van der Waals surface area contributed by atoms with Crippen LogP contribution in [0.1, 0.15) is 36.9 Å². The summed E-state index contributed by atoms with van der Waals surface area (Å²) in [5.41, 5.74) is 7.27. The van der Waals surface area contributed by atoms with E-state index in [2.05, 4.69) is 26.8 Å². The van der Waals surface area contributed by atoms with E-state index in [0.717, 1.165) is 82.6 Å². The monoisotopic (exact) mass is 374 g/mol. The number of carbonyl (C=O) groups is 1. The van der Waals surface area contributed by atoms with E-state index in [4.69, 9.17) is 5.73 Å². The van der Waals surface area contributed by atoms with Crippen LogP contribution in [0.2, 0.25) is 0 Å². The highest BCUT2D eigenvalue weighted by molar-refractivity contribution is 5.78. The molecule has 1 aliphatic carbocycles. The van der Waals surface area contributed by atoms with Crippen LogP contribution in [-0.4, -0.2) is 83.4 Å². The summed E-state index contributed by atoms with van der Waals surface area (Å²) >= 11 is 0. The second-order valence-electron chi connectivity index (χ2n) is 8.37. The number of anilines is 1. The van der Waals surface area contributed by atoms with Gasteiger partial charge in [0.25, 0.3) is 5.56 Å². The van der Waals surface area contributed by atoms with E-state index in [0.29, 0.717) is 6.54 Å². The van der Waals surface area contributed by atoms with Crippen molar-refractivity contribution in [1.29, 1.82) is 0 Å². The fourth-order valence-electron chi connectivity index (χ4n) is 4.89. The van der Waals surface area contributed by atoms with Crippen LogP contribution < -0.4 is 11.3 Å². The smallest absolute Gasteiger partial charge is 0.255 e. The maximum absolute atomic E-state index is 12.8. The van der Waals surface area contributed by atoms with Crippen LogP contribution in [-0.2, 0) is 16.6 Å². The first-order valence-electron chi connectivity index (χ1n) is 10.0. The molecule has 0 bridgehead atoms. The second kappa shape index (κ2) is 7.24. The SMILES string of the molecule is CN1CCCN(CC(=O)N2CCC3(CCc4c3nc(N)[nH]c4=O)CC2)CC1. The Morgan fingerprint density at radius 2 is 1.93 bits per heavy atom. The number of likely N-dealkylation sites (tertiary alicyclic amines) is 1. The zero-order valence-electron chi connectivity index (χ0n) is 16.2. The number of carbonyl (C=O) groups excluding carboxylic acids is 1. The van der Waals surface area contributed by atoms with Crippen molar-refractivity contribution in [3.63, 3.8) is 0 Å². The third-order valence-corrected chi connectivity index (χ3v) is 6.63. The van der Waals surface area contributed by atoms with Gasteiger partial charge in [-0.05, 0) is 52.2 Å². The minimum Gasteiger partial charge on any atom is -0.369 e. The number of aromatic amines is 1. The average molecular weight is 374 g/mol. The molecule has 3 N–H and O–H groups in total. The van der Waals surface area contributed by atoms with Crippen molar-refractivity contribution in [3.8, 4) is 0 Å². The number of nitrogen functional groups attached to an aromatic ring is 1. The normalized spacial score (nSPS) is 23.4. The molecular formula is C19H30N6O2. The predicted octanol–water partition coefficient (Wildman–Crippen LogP) is -0.204. The summed E-state index contributed by atoms with van der Waals surface area (Å²) in [6, 6.07) is 0. The summed E-state index contributed by atoms with van der Waals surface area (Å²) in [5, 5.41) is 0. The number of rotatable bonds is 2. The highest BCUT2D eigenvalue weighted by Crippen LogP contribution is 2.44. The lowest BCUT2D eigenvalue weighted by Crippen LogP contribution is -2.48. The molecule has 0 unspecified atom stereocenters. The van der Waals surface area contributed by atoms with Crippen molar-refractivity contribution < 1.29 is 4.79 Å². The maximum Gasteiger partial charge on any atom is 0.255 e. The molecule has 4 rings (SSSR count). The Hall–Kier alpha value is -1.93. The number of nitrogens with zero attached hydrogens (tertiary/aromatic N) is 4. The molecule has 2 fully saturated rings. The Labute approximate surface area is 159 Å². The van der Waals surface area contributed by atoms with E-state index in [1.807, 2.05) is 4.90 Å². The fourth-order valence-corrected chi connectivity index (χ4v) is 4.89. The summed E-state index contributed by atoms with van der Waals surface area (Å²) in [6.07, 6.45) is 4.54. The Balaban J connectivity index is 1.39. The first-order valence-corrected chi connectivity index (χ1v) is 10.0. The van der Waals surface area contributed by atoms with Gasteiger partial charge in [0.1, 0.15) is 0 Å². The van der Waals surface area contributed by atoms with E-state index in [1.165, 1.54) is 0 Å². The van der Waals surface area contributed by atoms with E-state index in [-0.39, 0.29) is 22.8 Å². The van der Waals surface area contributed by atoms with Crippen molar-refractivity contribution >= 4 is 11.9 Å². The van der Waals surface area contributed by atoms with Gasteiger partial charge >= 0.3 is 0 Å². The number of likely N-dealkylation sites (N-methyl/N-ethyl adjacent to an activating group) is 1. The molecule has 8 heteroatoms. The predicted molar refractivity (Wildman–Crippen MR) is 104 cm³/mol. The highest BCUT2D eigenvalue weighted by Gasteiger charge is 2.44. The van der Waals surface area contributed by atoms with Crippen LogP contribution in [0.25, 0.3) is 0 Å². The van der Waals surface area contributed by atoms with Crippen LogP contribution in [0.15, 0.2) is 4.79 Å². The number of nitrogens with two attached hydrogens (primary N) is 1. The zero-order chi connectivity index (χ0) is 19.0. The Kier molecular flexibility index (Phi) is 4.94. The van der Waals surface area contributed by atoms with E-state index < -0.39 is 0 Å². The van der Waals surface area contributed by atoms with E-state index >= 15 is 0 Å². The van der Waals surface area contributed by atoms with Gasteiger partial charge in [-0.2, -0.15) is 0 Å². The maximum atomic E-state index is 12.8. The van der Waals surface area contributed by atoms with Crippen molar-refractivity contribution in [2.45, 2.75) is 37.5 Å². The van der Waals surface area contributed by atoms with Crippen molar-refractivity contribution in [3.05, 3.63) is 21.6 Å². The van der Waals surface area contributed by atoms with Gasteiger partial charge in [-0.1, -0.05) is 0 Å². The van der Waals surface area contributed by atoms with Crippen LogP contribution in [0.4, 0.5) is 5.95 Å². The first kappa shape index (κ1) is 18.4. The number of H-pyrrole nitrogens is 1. The molecule has 1 spiro atoms. The number of hydrogen-bond donors (Lipinski definition) is 2. The van der Waals surface area contributed by atoms with Gasteiger partial charge in [-0.15, -0.1) is 0 Å². The first-order chi connectivity index (χ1) is 13.0. The lowest BCUT2D eigenvalue weighted by molar-refractivity contribution is -0.134. The van der Waals surface area contributed by atoms with Gasteiger partial charge in [0.05, 0.1) is 12.2 Å². The Morgan fingerprint density at radius 1 is 1.15 bits per heavy atom. The molecule has 8 nitrogen and oxygen atoms in total. The second-order valence-corrected chi connectivity index (χ2v) is 8.37. The molecule has 3 heterocycles. The number of amides is 1. The number of aromatic nitrogens is 2. The van der Waals surface area contributed by atoms with Crippen LogP contribution in [0, 0.1) is 0 Å². The molecule has 3 aliphatic rings. The third kappa shape index (κ3) is 3.60. The minimum atomic E-state index is -0.0981. The summed E-state index contributed by atoms with van der Waals surface area (Å²) in [5.74, 6) is 0.427. The molecule has 0 aromatic carbocycles. The highest BCUT2D eigenvalue weighted by atomic mass is 16.2. The minimum absolute atomic E-state index is 0.0835. The number of piperidine rings is 1. The Morgan fingerprint density at radius 3 is 2.70 bits per heavy atom. The van der Waals surface area contributed by atoms with Crippen molar-refractivity contribution in [1.82, 2.24) is 24.7 Å². The van der Waals surface area contributed by atoms with Gasteiger partial charge in [0.2, 0.25) is 11.9 Å². The lowest BCUT2D eigenvalue weighted by atomic mass is 9.76. The van der Waals surface area contributed by atoms with Gasteiger partial charge in [-0.3, -0.25) is 19.5 Å². The van der Waals surface area contributed by atoms with Gasteiger partial charge in [0, 0.05) is 37.2 Å². The molecule has 0 radical (unpaired) electrons. The quantitative estimate of drug-likeness (QED) is 0.744. The molecule has 1 amide bonds. The largest absolute Gasteiger partial charge is 0.369 e. The average Bonchev–Trinajstić information content (AvgIpc) is 2.84. The fraction of sp³-hybridized carbons (Fsp3) is 0.737. The molecule has 1 aromatic heterocycles. The van der Waals surface area contributed by atoms with Crippen LogP contribution in [0.3, 0.4) is 0 Å². The third-order valence-electron chi connectivity index (χ3n) is 6.63. The van der Waals surface area contributed by atoms with E-state index in [1.54, 1.807) is 0 Å². The topological polar surface area (TPSA) is 98.6 Å². The molecule has 2 saturated heterocycles. The molecule has 27 heavy (non-hydrogen) atoms. The van der Waals surface area contributed by atoms with Gasteiger partial charge < -0.3 is 15.5 Å². The van der Waals surface area contributed by atoms with Crippen LogP contribution >= 0.6 is 0 Å². The van der Waals surface area contributed by atoms with Crippen molar-refractivity contribution in [2.24, 2.45) is 0 Å². The molecule has 0 atom stereocenters. The van der Waals surface area contributed by atoms with Crippen LogP contribution in [0.5, 0.6) is 0 Å². The summed E-state index contributed by atoms with van der Waals surface area (Å²) < 4.78 is 0. The number of fused-ring (bicyclic) bond motifs is 2. The Bertz CT molecular complexity index is 768. The lowest BCUT2D eigenvalue weighted by Gasteiger charge is -2.40. The summed E-state index contributed by atoms with van der Waals surface area (Å²) in [7, 11) is 2.14. The standard InChI is InChI=1S/C19H30N6O2/c1-23-7-2-8-24(12-11-23)13-15(26)25-9-5-19(6-10-25)4-3-14-16(19)21-18(20)22-17(14)27/h2-13H2,1H3,(H3,20,21,22,27). The molecule has 1 aromatic rings. The molecule has 148 valence electrons. The number of hydrogen-bond acceptors (Lipinski definition) is 6. The molecule has 2 aliphatic heterocycles. The summed E-state index contributed by atoms with van der Waals surface area (Å²) in [4.78, 5) is 38.6. The zero-order valence-corrected chi connectivity index (χ0v) is 16.2. The van der Waals surface area contributed by atoms with Gasteiger partial charge in [-0.25, -0.2) is 4.98 Å². The van der Waals surface area contributed by atoms with Crippen molar-refractivity contribution in [2.75, 3.05) is 58.6 Å². The number of nitrogens with one attached hydrogen (secondary N) is 1. The molecule has 0 saturated carbocycles. The summed E-state index contributed by atoms with van der Waals surface area (Å²) in [6.45, 7) is 6.07. The van der Waals surface area contributed by atoms with E-state index in [9.17, 15) is 9.59 Å². The molecular weight excluding hydrogens is 344 g/mol.